The number of hydrogen-bond acceptors (Lipinski definition) is 0. The lowest BCUT2D eigenvalue weighted by Crippen LogP contribution is -2.23. The summed E-state index contributed by atoms with van der Waals surface area (Å²) in [7, 11) is 0. The summed E-state index contributed by atoms with van der Waals surface area (Å²) in [5.74, 6) is 0. The Labute approximate surface area is 200 Å². The molecular weight excluding hydrogens is 420 g/mol. The third-order valence-corrected chi connectivity index (χ3v) is 12.3. The van der Waals surface area contributed by atoms with E-state index in [9.17, 15) is 0 Å². The van der Waals surface area contributed by atoms with Crippen LogP contribution in [0.3, 0.4) is 0 Å². The van der Waals surface area contributed by atoms with E-state index in [0.717, 1.165) is 12.8 Å². The molecule has 0 heterocycles. The van der Waals surface area contributed by atoms with Crippen molar-refractivity contribution in [2.24, 2.45) is 10.8 Å². The van der Waals surface area contributed by atoms with Gasteiger partial charge in [-0.1, -0.05) is 62.4 Å². The van der Waals surface area contributed by atoms with Gasteiger partial charge in [-0.25, -0.2) is 0 Å². The molecule has 1 fully saturated rings. The molecular formula is C35H18. The van der Waals surface area contributed by atoms with Gasteiger partial charge in [-0.05, 0) is 127 Å². The third kappa shape index (κ3) is 0.986. The van der Waals surface area contributed by atoms with Crippen molar-refractivity contribution in [3.05, 3.63) is 81.4 Å². The van der Waals surface area contributed by atoms with Gasteiger partial charge in [0.1, 0.15) is 0 Å². The molecule has 0 heteroatoms. The Hall–Kier alpha value is -3.64. The second kappa shape index (κ2) is 3.68. The van der Waals surface area contributed by atoms with Crippen LogP contribution in [0.25, 0.3) is 76.3 Å². The van der Waals surface area contributed by atoms with E-state index in [4.69, 9.17) is 0 Å². The number of rotatable bonds is 0. The Morgan fingerprint density at radius 2 is 1.29 bits per heavy atom. The van der Waals surface area contributed by atoms with Gasteiger partial charge in [0.15, 0.2) is 0 Å². The fraction of sp³-hybridized carbons (Fsp3) is 0.200. The monoisotopic (exact) mass is 438 g/mol. The van der Waals surface area contributed by atoms with E-state index in [1.807, 2.05) is 0 Å². The maximum Gasteiger partial charge on any atom is 0.0421 e. The molecule has 7 aromatic carbocycles. The summed E-state index contributed by atoms with van der Waals surface area (Å²) in [4.78, 5) is 0. The maximum atomic E-state index is 2.75. The van der Waals surface area contributed by atoms with E-state index in [-0.39, 0.29) is 16.2 Å². The SMILES string of the molecule is CC1(C)C23C=Cc4cc5c6c7c4C12c1c2c4c(cc8ccc9cc(c6c6c9c8c4c6c17)C5)CC2=C3. The van der Waals surface area contributed by atoms with Crippen molar-refractivity contribution < 1.29 is 0 Å². The lowest BCUT2D eigenvalue weighted by Gasteiger charge is -2.31. The topological polar surface area (TPSA) is 0 Å². The van der Waals surface area contributed by atoms with Crippen molar-refractivity contribution in [2.45, 2.75) is 32.1 Å². The minimum atomic E-state index is 0.114. The smallest absolute Gasteiger partial charge is 0.0421 e. The molecule has 0 amide bonds. The second-order valence-corrected chi connectivity index (χ2v) is 13.2. The van der Waals surface area contributed by atoms with Gasteiger partial charge in [0, 0.05) is 10.8 Å². The Morgan fingerprint density at radius 3 is 2.11 bits per heavy atom. The molecule has 0 saturated heterocycles. The van der Waals surface area contributed by atoms with Gasteiger partial charge in [-0.2, -0.15) is 0 Å². The molecule has 2 atom stereocenters. The maximum absolute atomic E-state index is 2.75. The second-order valence-electron chi connectivity index (χ2n) is 13.2. The highest BCUT2D eigenvalue weighted by atomic mass is 14.9. The Morgan fingerprint density at radius 1 is 0.629 bits per heavy atom. The van der Waals surface area contributed by atoms with Gasteiger partial charge in [0.25, 0.3) is 0 Å². The van der Waals surface area contributed by atoms with Crippen LogP contribution in [-0.4, -0.2) is 0 Å². The summed E-state index contributed by atoms with van der Waals surface area (Å²) < 4.78 is 0. The minimum Gasteiger partial charge on any atom is -0.0721 e. The highest BCUT2D eigenvalue weighted by Gasteiger charge is 2.85. The van der Waals surface area contributed by atoms with Crippen molar-refractivity contribution in [1.82, 2.24) is 0 Å². The average molecular weight is 439 g/mol. The summed E-state index contributed by atoms with van der Waals surface area (Å²) >= 11 is 0. The summed E-state index contributed by atoms with van der Waals surface area (Å²) in [5, 5.41) is 19.0. The lowest BCUT2D eigenvalue weighted by atomic mass is 9.71. The average Bonchev–Trinajstić information content (AvgIpc) is 3.40. The molecule has 0 bridgehead atoms. The first-order valence-electron chi connectivity index (χ1n) is 13.3. The zero-order chi connectivity index (χ0) is 22.1. The quantitative estimate of drug-likeness (QED) is 0.208. The Balaban J connectivity index is 1.57. The number of benzene rings is 6. The van der Waals surface area contributed by atoms with Gasteiger partial charge in [0.2, 0.25) is 0 Å². The van der Waals surface area contributed by atoms with Gasteiger partial charge in [-0.3, -0.25) is 0 Å². The van der Waals surface area contributed by atoms with Crippen LogP contribution in [0.15, 0.2) is 42.5 Å². The molecule has 0 aliphatic heterocycles. The molecule has 6 aliphatic rings. The van der Waals surface area contributed by atoms with E-state index in [0.29, 0.717) is 0 Å². The molecule has 0 radical (unpaired) electrons. The van der Waals surface area contributed by atoms with E-state index < -0.39 is 0 Å². The minimum absolute atomic E-state index is 0.114. The van der Waals surface area contributed by atoms with E-state index in [1.165, 1.54) is 16.3 Å². The summed E-state index contributed by atoms with van der Waals surface area (Å²) in [5.41, 5.74) is 13.3. The van der Waals surface area contributed by atoms with Crippen LogP contribution in [-0.2, 0) is 18.3 Å². The molecule has 0 N–H and O–H groups in total. The number of hydrogen-bond donors (Lipinski definition) is 0. The van der Waals surface area contributed by atoms with Crippen LogP contribution in [0.4, 0.5) is 0 Å². The standard InChI is InChI=1S/C35H18/c1-33(2)34-6-5-15-9-18-10-16-7-13-3-4-14-8-17-11-19(12-34)25-24(17)27-21(14)20(13)26-22(16)23(18)29-30(28(26)27)32(25)35(33,34)31(15)29/h3-9,12H,10-11H2,1-2H3. The molecule has 7 aromatic rings. The fourth-order valence-corrected chi connectivity index (χ4v) is 11.4. The van der Waals surface area contributed by atoms with Gasteiger partial charge in [0.05, 0.1) is 0 Å². The van der Waals surface area contributed by atoms with E-state index in [1.54, 1.807) is 92.8 Å². The third-order valence-electron chi connectivity index (χ3n) is 12.3. The molecule has 13 rings (SSSR count). The summed E-state index contributed by atoms with van der Waals surface area (Å²) in [6, 6.07) is 12.5. The summed E-state index contributed by atoms with van der Waals surface area (Å²) in [6.45, 7) is 5.14. The van der Waals surface area contributed by atoms with E-state index >= 15 is 0 Å². The normalized spacial score (nSPS) is 28.6. The Bertz CT molecular complexity index is 2440. The highest BCUT2D eigenvalue weighted by Crippen LogP contribution is 2.89. The molecule has 158 valence electrons. The van der Waals surface area contributed by atoms with Crippen LogP contribution >= 0.6 is 0 Å². The summed E-state index contributed by atoms with van der Waals surface area (Å²) in [6.07, 6.45) is 10.1. The number of allylic oxidation sites excluding steroid dienone is 3. The first kappa shape index (κ1) is 15.4. The zero-order valence-electron chi connectivity index (χ0n) is 19.5. The van der Waals surface area contributed by atoms with Crippen LogP contribution in [0.2, 0.25) is 0 Å². The first-order valence-corrected chi connectivity index (χ1v) is 13.3. The molecule has 0 aromatic heterocycles. The highest BCUT2D eigenvalue weighted by molar-refractivity contribution is 6.52. The molecule has 6 aliphatic carbocycles. The Kier molecular flexibility index (Phi) is 1.62. The lowest BCUT2D eigenvalue weighted by molar-refractivity contribution is 0.530. The first-order chi connectivity index (χ1) is 17.1. The largest absolute Gasteiger partial charge is 0.0721 e. The fourth-order valence-electron chi connectivity index (χ4n) is 11.4. The van der Waals surface area contributed by atoms with Crippen molar-refractivity contribution >= 4 is 76.3 Å². The van der Waals surface area contributed by atoms with Crippen LogP contribution in [0, 0.1) is 10.8 Å². The van der Waals surface area contributed by atoms with Gasteiger partial charge in [-0.15, -0.1) is 0 Å². The van der Waals surface area contributed by atoms with Crippen molar-refractivity contribution in [2.75, 3.05) is 0 Å². The van der Waals surface area contributed by atoms with Crippen LogP contribution < -0.4 is 0 Å². The molecule has 35 heavy (non-hydrogen) atoms. The van der Waals surface area contributed by atoms with Crippen molar-refractivity contribution in [3.63, 3.8) is 0 Å². The molecule has 2 unspecified atom stereocenters. The predicted molar refractivity (Wildman–Crippen MR) is 146 cm³/mol. The molecule has 0 nitrogen and oxygen atoms in total. The molecule has 1 spiro atoms. The van der Waals surface area contributed by atoms with Crippen LogP contribution in [0.1, 0.15) is 52.8 Å². The molecule has 1 saturated carbocycles. The van der Waals surface area contributed by atoms with Crippen molar-refractivity contribution in [1.29, 1.82) is 0 Å². The van der Waals surface area contributed by atoms with E-state index in [2.05, 4.69) is 62.4 Å². The van der Waals surface area contributed by atoms with Crippen molar-refractivity contribution in [3.8, 4) is 0 Å². The zero-order valence-corrected chi connectivity index (χ0v) is 19.5. The van der Waals surface area contributed by atoms with Crippen LogP contribution in [0.5, 0.6) is 0 Å². The van der Waals surface area contributed by atoms with Gasteiger partial charge < -0.3 is 0 Å². The van der Waals surface area contributed by atoms with Gasteiger partial charge >= 0.3 is 0 Å². The predicted octanol–water partition coefficient (Wildman–Crippen LogP) is 8.43.